The minimum atomic E-state index is -3.62. The molecule has 0 aromatic heterocycles. The molecule has 6 heteroatoms. The predicted molar refractivity (Wildman–Crippen MR) is 103 cm³/mol. The Bertz CT molecular complexity index is 765. The molecule has 0 aliphatic rings. The zero-order chi connectivity index (χ0) is 18.4. The van der Waals surface area contributed by atoms with Crippen molar-refractivity contribution in [3.05, 3.63) is 48.5 Å². The first-order chi connectivity index (χ1) is 11.9. The number of hydrogen-bond acceptors (Lipinski definition) is 4. The lowest BCUT2D eigenvalue weighted by Gasteiger charge is -2.21. The standard InChI is InChI=1S/C19H26N2O3S/c1-5-21(6-2)17-9-7-16(8-10-17)20-25(22,23)19-13-11-18(12-14-19)24-15(3)4/h7-15,20H,5-6H2,1-4H3. The van der Waals surface area contributed by atoms with E-state index in [4.69, 9.17) is 4.74 Å². The molecule has 0 aliphatic heterocycles. The fraction of sp³-hybridized carbons (Fsp3) is 0.368. The summed E-state index contributed by atoms with van der Waals surface area (Å²) in [5, 5.41) is 0. The number of benzene rings is 2. The molecule has 0 saturated heterocycles. The van der Waals surface area contributed by atoms with E-state index in [-0.39, 0.29) is 11.0 Å². The molecule has 0 saturated carbocycles. The van der Waals surface area contributed by atoms with Crippen LogP contribution in [-0.2, 0) is 10.0 Å². The van der Waals surface area contributed by atoms with Gasteiger partial charge in [0, 0.05) is 24.5 Å². The van der Waals surface area contributed by atoms with Gasteiger partial charge in [-0.25, -0.2) is 8.42 Å². The molecular formula is C19H26N2O3S. The van der Waals surface area contributed by atoms with Gasteiger partial charge in [0.25, 0.3) is 10.0 Å². The summed E-state index contributed by atoms with van der Waals surface area (Å²) >= 11 is 0. The average molecular weight is 362 g/mol. The number of sulfonamides is 1. The Labute approximate surface area is 150 Å². The number of anilines is 2. The van der Waals surface area contributed by atoms with Crippen molar-refractivity contribution in [1.82, 2.24) is 0 Å². The van der Waals surface area contributed by atoms with Gasteiger partial charge in [0.15, 0.2) is 0 Å². The fourth-order valence-corrected chi connectivity index (χ4v) is 3.57. The number of hydrogen-bond donors (Lipinski definition) is 1. The second kappa shape index (κ2) is 8.25. The van der Waals surface area contributed by atoms with Crippen molar-refractivity contribution < 1.29 is 13.2 Å². The van der Waals surface area contributed by atoms with Gasteiger partial charge in [-0.2, -0.15) is 0 Å². The lowest BCUT2D eigenvalue weighted by molar-refractivity contribution is 0.242. The van der Waals surface area contributed by atoms with Crippen molar-refractivity contribution in [2.24, 2.45) is 0 Å². The number of rotatable bonds is 8. The molecule has 136 valence electrons. The Hall–Kier alpha value is -2.21. The van der Waals surface area contributed by atoms with Crippen molar-refractivity contribution in [2.75, 3.05) is 22.7 Å². The molecule has 2 aromatic carbocycles. The molecule has 0 heterocycles. The normalized spacial score (nSPS) is 11.4. The predicted octanol–water partition coefficient (Wildman–Crippen LogP) is 4.12. The van der Waals surface area contributed by atoms with Crippen molar-refractivity contribution in [3.63, 3.8) is 0 Å². The Morgan fingerprint density at radius 1 is 0.960 bits per heavy atom. The quantitative estimate of drug-likeness (QED) is 0.767. The summed E-state index contributed by atoms with van der Waals surface area (Å²) in [7, 11) is -3.62. The lowest BCUT2D eigenvalue weighted by Crippen LogP contribution is -2.21. The first-order valence-corrected chi connectivity index (χ1v) is 9.98. The summed E-state index contributed by atoms with van der Waals surface area (Å²) in [6, 6.07) is 13.8. The Morgan fingerprint density at radius 2 is 1.52 bits per heavy atom. The van der Waals surface area contributed by atoms with Gasteiger partial charge in [0.2, 0.25) is 0 Å². The van der Waals surface area contributed by atoms with Crippen LogP contribution in [0.25, 0.3) is 0 Å². The van der Waals surface area contributed by atoms with E-state index in [0.717, 1.165) is 18.8 Å². The van der Waals surface area contributed by atoms with E-state index in [9.17, 15) is 8.42 Å². The molecule has 0 spiro atoms. The van der Waals surface area contributed by atoms with E-state index >= 15 is 0 Å². The highest BCUT2D eigenvalue weighted by Gasteiger charge is 2.14. The molecule has 2 aromatic rings. The zero-order valence-electron chi connectivity index (χ0n) is 15.2. The van der Waals surface area contributed by atoms with Gasteiger partial charge >= 0.3 is 0 Å². The first kappa shape index (κ1) is 19.1. The third-order valence-corrected chi connectivity index (χ3v) is 5.15. The van der Waals surface area contributed by atoms with Crippen LogP contribution in [0.3, 0.4) is 0 Å². The summed E-state index contributed by atoms with van der Waals surface area (Å²) in [6.07, 6.45) is 0.0462. The van der Waals surface area contributed by atoms with Crippen LogP contribution >= 0.6 is 0 Å². The van der Waals surface area contributed by atoms with Crippen molar-refractivity contribution in [2.45, 2.75) is 38.7 Å². The van der Waals surface area contributed by atoms with E-state index in [0.29, 0.717) is 11.4 Å². The molecule has 25 heavy (non-hydrogen) atoms. The van der Waals surface area contributed by atoms with E-state index in [2.05, 4.69) is 23.5 Å². The van der Waals surface area contributed by atoms with Gasteiger partial charge in [0.1, 0.15) is 5.75 Å². The summed E-state index contributed by atoms with van der Waals surface area (Å²) in [5.41, 5.74) is 1.61. The monoisotopic (exact) mass is 362 g/mol. The Balaban J connectivity index is 2.12. The highest BCUT2D eigenvalue weighted by atomic mass is 32.2. The molecule has 0 aliphatic carbocycles. The maximum atomic E-state index is 12.5. The van der Waals surface area contributed by atoms with Crippen molar-refractivity contribution in [1.29, 1.82) is 0 Å². The molecule has 1 N–H and O–H groups in total. The zero-order valence-corrected chi connectivity index (χ0v) is 16.0. The number of nitrogens with one attached hydrogen (secondary N) is 1. The molecule has 5 nitrogen and oxygen atoms in total. The van der Waals surface area contributed by atoms with E-state index in [1.54, 1.807) is 36.4 Å². The van der Waals surface area contributed by atoms with Gasteiger partial charge in [-0.1, -0.05) is 0 Å². The SMILES string of the molecule is CCN(CC)c1ccc(NS(=O)(=O)c2ccc(OC(C)C)cc2)cc1. The molecule has 2 rings (SSSR count). The highest BCUT2D eigenvalue weighted by Crippen LogP contribution is 2.22. The minimum Gasteiger partial charge on any atom is -0.491 e. The molecule has 0 fully saturated rings. The van der Waals surface area contributed by atoms with Crippen LogP contribution in [0.15, 0.2) is 53.4 Å². The highest BCUT2D eigenvalue weighted by molar-refractivity contribution is 7.92. The summed E-state index contributed by atoms with van der Waals surface area (Å²) in [6.45, 7) is 9.85. The average Bonchev–Trinajstić information content (AvgIpc) is 2.57. The van der Waals surface area contributed by atoms with Crippen LogP contribution in [0.2, 0.25) is 0 Å². The second-order valence-corrected chi connectivity index (χ2v) is 7.65. The molecular weight excluding hydrogens is 336 g/mol. The number of nitrogens with zero attached hydrogens (tertiary/aromatic N) is 1. The molecule has 0 bridgehead atoms. The van der Waals surface area contributed by atoms with Gasteiger partial charge in [-0.15, -0.1) is 0 Å². The second-order valence-electron chi connectivity index (χ2n) is 5.96. The van der Waals surface area contributed by atoms with Crippen molar-refractivity contribution >= 4 is 21.4 Å². The topological polar surface area (TPSA) is 58.6 Å². The van der Waals surface area contributed by atoms with Crippen LogP contribution in [-0.4, -0.2) is 27.6 Å². The van der Waals surface area contributed by atoms with Gasteiger partial charge in [0.05, 0.1) is 11.0 Å². The third kappa shape index (κ3) is 5.13. The first-order valence-electron chi connectivity index (χ1n) is 8.50. The summed E-state index contributed by atoms with van der Waals surface area (Å²) in [4.78, 5) is 2.41. The molecule has 0 radical (unpaired) electrons. The van der Waals surface area contributed by atoms with Crippen LogP contribution in [0, 0.1) is 0 Å². The van der Waals surface area contributed by atoms with E-state index in [1.807, 2.05) is 26.0 Å². The lowest BCUT2D eigenvalue weighted by atomic mass is 10.2. The summed E-state index contributed by atoms with van der Waals surface area (Å²) < 4.78 is 33.2. The minimum absolute atomic E-state index is 0.0462. The van der Waals surface area contributed by atoms with E-state index in [1.165, 1.54) is 0 Å². The van der Waals surface area contributed by atoms with Crippen LogP contribution in [0.4, 0.5) is 11.4 Å². The Kier molecular flexibility index (Phi) is 6.31. The number of ether oxygens (including phenoxy) is 1. The van der Waals surface area contributed by atoms with Crippen molar-refractivity contribution in [3.8, 4) is 5.75 Å². The van der Waals surface area contributed by atoms with Crippen LogP contribution in [0.1, 0.15) is 27.7 Å². The van der Waals surface area contributed by atoms with Gasteiger partial charge < -0.3 is 9.64 Å². The Morgan fingerprint density at radius 3 is 2.00 bits per heavy atom. The van der Waals surface area contributed by atoms with E-state index < -0.39 is 10.0 Å². The smallest absolute Gasteiger partial charge is 0.261 e. The van der Waals surface area contributed by atoms with Gasteiger partial charge in [-0.3, -0.25) is 4.72 Å². The maximum Gasteiger partial charge on any atom is 0.261 e. The molecule has 0 atom stereocenters. The molecule has 0 amide bonds. The van der Waals surface area contributed by atoms with Gasteiger partial charge in [-0.05, 0) is 76.2 Å². The maximum absolute atomic E-state index is 12.5. The summed E-state index contributed by atoms with van der Waals surface area (Å²) in [5.74, 6) is 0.650. The largest absolute Gasteiger partial charge is 0.491 e. The van der Waals surface area contributed by atoms with Crippen LogP contribution in [0.5, 0.6) is 5.75 Å². The third-order valence-electron chi connectivity index (χ3n) is 3.75. The molecule has 0 unspecified atom stereocenters. The fourth-order valence-electron chi connectivity index (χ4n) is 2.51. The van der Waals surface area contributed by atoms with Crippen LogP contribution < -0.4 is 14.4 Å².